The van der Waals surface area contributed by atoms with Crippen LogP contribution in [0.1, 0.15) is 12.8 Å². The van der Waals surface area contributed by atoms with Crippen LogP contribution in [0.5, 0.6) is 0 Å². The van der Waals surface area contributed by atoms with Gasteiger partial charge in [0, 0.05) is 31.9 Å². The first kappa shape index (κ1) is 19.2. The Bertz CT molecular complexity index is 653. The van der Waals surface area contributed by atoms with E-state index in [2.05, 4.69) is 5.32 Å². The van der Waals surface area contributed by atoms with Crippen molar-refractivity contribution in [2.24, 2.45) is 5.92 Å². The van der Waals surface area contributed by atoms with Crippen LogP contribution in [0.2, 0.25) is 0 Å². The molecule has 0 bridgehead atoms. The normalized spacial score (nSPS) is 18.1. The smallest absolute Gasteiger partial charge is 0.321 e. The number of esters is 1. The number of anilines is 1. The highest BCUT2D eigenvalue weighted by Crippen LogP contribution is 2.20. The van der Waals surface area contributed by atoms with Crippen molar-refractivity contribution in [1.29, 1.82) is 0 Å². The third-order valence-corrected chi connectivity index (χ3v) is 4.84. The van der Waals surface area contributed by atoms with E-state index in [0.29, 0.717) is 52.2 Å². The molecule has 1 N–H and O–H groups in total. The molecule has 1 aromatic rings. The minimum absolute atomic E-state index is 0.171. The molecule has 8 nitrogen and oxygen atoms in total. The standard InChI is InChI=1S/C19H25N3O5/c23-17(21-10-12-26-13-11-21)14-27-18(24)15-6-8-22(9-7-15)19(25)20-16-4-2-1-3-5-16/h1-5,15H,6-14H2,(H,20,25). The van der Waals surface area contributed by atoms with Gasteiger partial charge in [0.05, 0.1) is 19.1 Å². The zero-order valence-corrected chi connectivity index (χ0v) is 15.3. The van der Waals surface area contributed by atoms with Crippen molar-refractivity contribution in [1.82, 2.24) is 9.80 Å². The lowest BCUT2D eigenvalue weighted by atomic mass is 9.97. The number of morpholine rings is 1. The Balaban J connectivity index is 1.38. The van der Waals surface area contributed by atoms with Gasteiger partial charge in [-0.25, -0.2) is 4.79 Å². The number of urea groups is 1. The number of likely N-dealkylation sites (tertiary alicyclic amines) is 1. The quantitative estimate of drug-likeness (QED) is 0.802. The van der Waals surface area contributed by atoms with Crippen molar-refractivity contribution in [2.75, 3.05) is 51.3 Å². The van der Waals surface area contributed by atoms with E-state index in [1.165, 1.54) is 0 Å². The van der Waals surface area contributed by atoms with Gasteiger partial charge in [-0.05, 0) is 25.0 Å². The van der Waals surface area contributed by atoms with E-state index in [1.807, 2.05) is 30.3 Å². The second-order valence-corrected chi connectivity index (χ2v) is 6.66. The molecule has 27 heavy (non-hydrogen) atoms. The van der Waals surface area contributed by atoms with Gasteiger partial charge in [-0.1, -0.05) is 18.2 Å². The van der Waals surface area contributed by atoms with Crippen LogP contribution in [0.25, 0.3) is 0 Å². The molecule has 1 aromatic carbocycles. The Morgan fingerprint density at radius 2 is 1.67 bits per heavy atom. The first-order valence-electron chi connectivity index (χ1n) is 9.26. The van der Waals surface area contributed by atoms with E-state index < -0.39 is 0 Å². The summed E-state index contributed by atoms with van der Waals surface area (Å²) in [6.45, 7) is 2.84. The Hall–Kier alpha value is -2.61. The van der Waals surface area contributed by atoms with Crippen molar-refractivity contribution in [2.45, 2.75) is 12.8 Å². The molecule has 146 valence electrons. The number of rotatable bonds is 4. The Morgan fingerprint density at radius 1 is 1.00 bits per heavy atom. The first-order valence-corrected chi connectivity index (χ1v) is 9.26. The molecule has 0 aliphatic carbocycles. The van der Waals surface area contributed by atoms with Gasteiger partial charge in [-0.3, -0.25) is 9.59 Å². The molecule has 2 aliphatic rings. The number of amides is 3. The highest BCUT2D eigenvalue weighted by atomic mass is 16.5. The number of benzene rings is 1. The Labute approximate surface area is 158 Å². The van der Waals surface area contributed by atoms with Crippen LogP contribution in [-0.4, -0.2) is 73.7 Å². The third kappa shape index (κ3) is 5.43. The SMILES string of the molecule is O=C(OCC(=O)N1CCOCC1)C1CCN(C(=O)Nc2ccccc2)CC1. The summed E-state index contributed by atoms with van der Waals surface area (Å²) in [5.74, 6) is -0.825. The van der Waals surface area contributed by atoms with Crippen LogP contribution in [0.4, 0.5) is 10.5 Å². The maximum atomic E-state index is 12.3. The molecule has 0 saturated carbocycles. The molecule has 3 rings (SSSR count). The molecular formula is C19H25N3O5. The summed E-state index contributed by atoms with van der Waals surface area (Å²) in [4.78, 5) is 39.9. The highest BCUT2D eigenvalue weighted by molar-refractivity contribution is 5.89. The van der Waals surface area contributed by atoms with Gasteiger partial charge < -0.3 is 24.6 Å². The molecule has 0 spiro atoms. The average Bonchev–Trinajstić information content (AvgIpc) is 2.73. The summed E-state index contributed by atoms with van der Waals surface area (Å²) < 4.78 is 10.4. The lowest BCUT2D eigenvalue weighted by Gasteiger charge is -2.31. The van der Waals surface area contributed by atoms with Crippen LogP contribution in [0, 0.1) is 5.92 Å². The summed E-state index contributed by atoms with van der Waals surface area (Å²) in [5.41, 5.74) is 0.741. The van der Waals surface area contributed by atoms with Crippen LogP contribution >= 0.6 is 0 Å². The third-order valence-electron chi connectivity index (χ3n) is 4.84. The Morgan fingerprint density at radius 3 is 2.33 bits per heavy atom. The number of piperidine rings is 1. The van der Waals surface area contributed by atoms with Crippen LogP contribution < -0.4 is 5.32 Å². The van der Waals surface area contributed by atoms with Crippen molar-refractivity contribution in [3.8, 4) is 0 Å². The van der Waals surface area contributed by atoms with Crippen LogP contribution in [-0.2, 0) is 19.1 Å². The maximum absolute atomic E-state index is 12.3. The second kappa shape index (κ2) is 9.36. The number of ether oxygens (including phenoxy) is 2. The highest BCUT2D eigenvalue weighted by Gasteiger charge is 2.29. The fourth-order valence-corrected chi connectivity index (χ4v) is 3.20. The summed E-state index contributed by atoms with van der Waals surface area (Å²) >= 11 is 0. The number of carbonyl (C=O) groups excluding carboxylic acids is 3. The molecule has 2 fully saturated rings. The molecular weight excluding hydrogens is 350 g/mol. The molecule has 0 atom stereocenters. The predicted molar refractivity (Wildman–Crippen MR) is 98.1 cm³/mol. The zero-order chi connectivity index (χ0) is 19.1. The van der Waals surface area contributed by atoms with Crippen molar-refractivity contribution in [3.63, 3.8) is 0 Å². The molecule has 2 aliphatic heterocycles. The predicted octanol–water partition coefficient (Wildman–Crippen LogP) is 1.33. The van der Waals surface area contributed by atoms with Crippen molar-refractivity contribution in [3.05, 3.63) is 30.3 Å². The van der Waals surface area contributed by atoms with E-state index in [-0.39, 0.29) is 30.4 Å². The number of nitrogens with one attached hydrogen (secondary N) is 1. The number of nitrogens with zero attached hydrogens (tertiary/aromatic N) is 2. The number of hydrogen-bond donors (Lipinski definition) is 1. The van der Waals surface area contributed by atoms with Gasteiger partial charge in [0.25, 0.3) is 5.91 Å². The molecule has 8 heteroatoms. The summed E-state index contributed by atoms with van der Waals surface area (Å²) in [6.07, 6.45) is 1.07. The fourth-order valence-electron chi connectivity index (χ4n) is 3.20. The first-order chi connectivity index (χ1) is 13.1. The average molecular weight is 375 g/mol. The number of para-hydroxylation sites is 1. The minimum atomic E-state index is -0.361. The molecule has 0 unspecified atom stereocenters. The molecule has 2 heterocycles. The topological polar surface area (TPSA) is 88.2 Å². The van der Waals surface area contributed by atoms with Crippen LogP contribution in [0.3, 0.4) is 0 Å². The van der Waals surface area contributed by atoms with Crippen LogP contribution in [0.15, 0.2) is 30.3 Å². The fraction of sp³-hybridized carbons (Fsp3) is 0.526. The van der Waals surface area contributed by atoms with Gasteiger partial charge >= 0.3 is 12.0 Å². The zero-order valence-electron chi connectivity index (χ0n) is 15.3. The van der Waals surface area contributed by atoms with E-state index in [4.69, 9.17) is 9.47 Å². The summed E-state index contributed by atoms with van der Waals surface area (Å²) in [6, 6.07) is 9.08. The van der Waals surface area contributed by atoms with E-state index >= 15 is 0 Å². The lowest BCUT2D eigenvalue weighted by Crippen LogP contribution is -2.44. The van der Waals surface area contributed by atoms with Crippen molar-refractivity contribution >= 4 is 23.6 Å². The molecule has 3 amide bonds. The lowest BCUT2D eigenvalue weighted by molar-refractivity contribution is -0.157. The van der Waals surface area contributed by atoms with Gasteiger partial charge in [-0.15, -0.1) is 0 Å². The number of hydrogen-bond acceptors (Lipinski definition) is 5. The van der Waals surface area contributed by atoms with Gasteiger partial charge in [-0.2, -0.15) is 0 Å². The monoisotopic (exact) mass is 375 g/mol. The van der Waals surface area contributed by atoms with E-state index in [9.17, 15) is 14.4 Å². The minimum Gasteiger partial charge on any atom is -0.455 e. The number of carbonyl (C=O) groups is 3. The maximum Gasteiger partial charge on any atom is 0.321 e. The molecule has 0 aromatic heterocycles. The molecule has 2 saturated heterocycles. The second-order valence-electron chi connectivity index (χ2n) is 6.66. The van der Waals surface area contributed by atoms with Gasteiger partial charge in [0.15, 0.2) is 6.61 Å². The summed E-state index contributed by atoms with van der Waals surface area (Å²) in [5, 5.41) is 2.84. The van der Waals surface area contributed by atoms with E-state index in [0.717, 1.165) is 5.69 Å². The Kier molecular flexibility index (Phi) is 6.64. The van der Waals surface area contributed by atoms with Gasteiger partial charge in [0.2, 0.25) is 0 Å². The largest absolute Gasteiger partial charge is 0.455 e. The van der Waals surface area contributed by atoms with Gasteiger partial charge in [0.1, 0.15) is 0 Å². The summed E-state index contributed by atoms with van der Waals surface area (Å²) in [7, 11) is 0. The van der Waals surface area contributed by atoms with Crippen molar-refractivity contribution < 1.29 is 23.9 Å². The molecule has 0 radical (unpaired) electrons. The van der Waals surface area contributed by atoms with E-state index in [1.54, 1.807) is 9.80 Å².